The Bertz CT molecular complexity index is 455. The van der Waals surface area contributed by atoms with Gasteiger partial charge in [0.25, 0.3) is 0 Å². The van der Waals surface area contributed by atoms with Crippen LogP contribution in [0.15, 0.2) is 24.3 Å². The fourth-order valence-corrected chi connectivity index (χ4v) is 1.33. The number of aliphatic hydroxyl groups excluding tert-OH is 1. The first-order valence-electron chi connectivity index (χ1n) is 5.65. The summed E-state index contributed by atoms with van der Waals surface area (Å²) in [5.74, 6) is -0.0604. The molecule has 0 saturated carbocycles. The molecule has 0 aromatic heterocycles. The van der Waals surface area contributed by atoms with E-state index >= 15 is 0 Å². The summed E-state index contributed by atoms with van der Waals surface area (Å²) in [6.07, 6.45) is 0. The van der Waals surface area contributed by atoms with E-state index in [2.05, 4.69) is 10.6 Å². The van der Waals surface area contributed by atoms with Gasteiger partial charge >= 0.3 is 6.03 Å². The van der Waals surface area contributed by atoms with E-state index < -0.39 is 11.6 Å². The van der Waals surface area contributed by atoms with Crippen molar-refractivity contribution in [2.75, 3.05) is 11.9 Å². The first-order valence-corrected chi connectivity index (χ1v) is 5.65. The van der Waals surface area contributed by atoms with Crippen LogP contribution in [0.25, 0.3) is 0 Å². The molecule has 5 nitrogen and oxygen atoms in total. The Morgan fingerprint density at radius 2 is 2.00 bits per heavy atom. The SMILES string of the molecule is CC(=O)c1cccc(NC(=O)NC(C)(C)CO)c1. The molecule has 0 aliphatic heterocycles. The number of benzene rings is 1. The number of carbonyl (C=O) groups excluding carboxylic acids is 2. The molecule has 0 fully saturated rings. The van der Waals surface area contributed by atoms with Gasteiger partial charge < -0.3 is 15.7 Å². The van der Waals surface area contributed by atoms with Crippen LogP contribution in [-0.4, -0.2) is 29.1 Å². The first kappa shape index (κ1) is 14.2. The minimum absolute atomic E-state index is 0.0604. The summed E-state index contributed by atoms with van der Waals surface area (Å²) in [5, 5.41) is 14.3. The van der Waals surface area contributed by atoms with Gasteiger partial charge in [-0.25, -0.2) is 4.79 Å². The molecule has 2 amide bonds. The number of Topliss-reactive ketones (excluding diaryl/α,β-unsaturated/α-hetero) is 1. The Hall–Kier alpha value is -1.88. The summed E-state index contributed by atoms with van der Waals surface area (Å²) < 4.78 is 0. The van der Waals surface area contributed by atoms with E-state index in [4.69, 9.17) is 5.11 Å². The average molecular weight is 250 g/mol. The molecule has 0 heterocycles. The summed E-state index contributed by atoms with van der Waals surface area (Å²) >= 11 is 0. The van der Waals surface area contributed by atoms with Crippen molar-refractivity contribution in [3.05, 3.63) is 29.8 Å². The van der Waals surface area contributed by atoms with Gasteiger partial charge in [-0.3, -0.25) is 4.79 Å². The van der Waals surface area contributed by atoms with Gasteiger partial charge in [0.1, 0.15) is 0 Å². The Labute approximate surface area is 106 Å². The van der Waals surface area contributed by atoms with Crippen LogP contribution < -0.4 is 10.6 Å². The van der Waals surface area contributed by atoms with E-state index in [1.54, 1.807) is 38.1 Å². The molecule has 1 aromatic rings. The number of urea groups is 1. The molecular weight excluding hydrogens is 232 g/mol. The summed E-state index contributed by atoms with van der Waals surface area (Å²) in [6, 6.07) is 6.26. The molecule has 18 heavy (non-hydrogen) atoms. The minimum Gasteiger partial charge on any atom is -0.394 e. The van der Waals surface area contributed by atoms with Crippen LogP contribution >= 0.6 is 0 Å². The highest BCUT2D eigenvalue weighted by Crippen LogP contribution is 2.11. The van der Waals surface area contributed by atoms with Crippen LogP contribution in [-0.2, 0) is 0 Å². The second kappa shape index (κ2) is 5.64. The van der Waals surface area contributed by atoms with Gasteiger partial charge in [0, 0.05) is 11.3 Å². The minimum atomic E-state index is -0.692. The molecule has 0 bridgehead atoms. The molecule has 1 aromatic carbocycles. The third kappa shape index (κ3) is 4.18. The number of aliphatic hydroxyl groups is 1. The van der Waals surface area contributed by atoms with E-state index in [9.17, 15) is 9.59 Å². The van der Waals surface area contributed by atoms with Crippen molar-refractivity contribution >= 4 is 17.5 Å². The molecule has 0 unspecified atom stereocenters. The normalized spacial score (nSPS) is 10.9. The van der Waals surface area contributed by atoms with Gasteiger partial charge in [0.2, 0.25) is 0 Å². The number of hydrogen-bond donors (Lipinski definition) is 3. The molecule has 1 rings (SSSR count). The monoisotopic (exact) mass is 250 g/mol. The lowest BCUT2D eigenvalue weighted by molar-refractivity contribution is 0.101. The number of nitrogens with one attached hydrogen (secondary N) is 2. The lowest BCUT2D eigenvalue weighted by Gasteiger charge is -2.23. The standard InChI is InChI=1S/C13H18N2O3/c1-9(17)10-5-4-6-11(7-10)14-12(18)15-13(2,3)8-16/h4-7,16H,8H2,1-3H3,(H2,14,15,18). The Balaban J connectivity index is 2.70. The van der Waals surface area contributed by atoms with Crippen LogP contribution in [0.5, 0.6) is 0 Å². The van der Waals surface area contributed by atoms with Gasteiger partial charge in [0.15, 0.2) is 5.78 Å². The quantitative estimate of drug-likeness (QED) is 0.713. The number of carbonyl (C=O) groups is 2. The highest BCUT2D eigenvalue weighted by molar-refractivity contribution is 5.96. The zero-order valence-corrected chi connectivity index (χ0v) is 10.8. The third-order valence-electron chi connectivity index (χ3n) is 2.37. The van der Waals surface area contributed by atoms with Gasteiger partial charge in [-0.05, 0) is 32.9 Å². The van der Waals surface area contributed by atoms with Crippen LogP contribution in [0.4, 0.5) is 10.5 Å². The van der Waals surface area contributed by atoms with Crippen molar-refractivity contribution in [3.8, 4) is 0 Å². The van der Waals surface area contributed by atoms with Gasteiger partial charge in [-0.2, -0.15) is 0 Å². The molecule has 0 aliphatic rings. The van der Waals surface area contributed by atoms with Gasteiger partial charge in [0.05, 0.1) is 12.1 Å². The predicted molar refractivity (Wildman–Crippen MR) is 69.8 cm³/mol. The van der Waals surface area contributed by atoms with E-state index in [1.165, 1.54) is 6.92 Å². The lowest BCUT2D eigenvalue weighted by atomic mass is 10.1. The summed E-state index contributed by atoms with van der Waals surface area (Å²) in [6.45, 7) is 4.72. The van der Waals surface area contributed by atoms with E-state index in [0.717, 1.165) is 0 Å². The molecule has 0 radical (unpaired) electrons. The fourth-order valence-electron chi connectivity index (χ4n) is 1.33. The fraction of sp³-hybridized carbons (Fsp3) is 0.385. The van der Waals surface area contributed by atoms with E-state index in [-0.39, 0.29) is 12.4 Å². The number of ketones is 1. The molecular formula is C13H18N2O3. The largest absolute Gasteiger partial charge is 0.394 e. The lowest BCUT2D eigenvalue weighted by Crippen LogP contribution is -2.48. The van der Waals surface area contributed by atoms with Crippen molar-refractivity contribution in [2.24, 2.45) is 0 Å². The zero-order chi connectivity index (χ0) is 13.8. The molecule has 98 valence electrons. The number of amides is 2. The smallest absolute Gasteiger partial charge is 0.319 e. The van der Waals surface area contributed by atoms with Crippen LogP contribution in [0.1, 0.15) is 31.1 Å². The maximum absolute atomic E-state index is 11.6. The Morgan fingerprint density at radius 1 is 1.33 bits per heavy atom. The highest BCUT2D eigenvalue weighted by atomic mass is 16.3. The van der Waals surface area contributed by atoms with Crippen molar-refractivity contribution in [1.29, 1.82) is 0 Å². The molecule has 5 heteroatoms. The van der Waals surface area contributed by atoms with Crippen molar-refractivity contribution in [3.63, 3.8) is 0 Å². The molecule has 0 aliphatic carbocycles. The van der Waals surface area contributed by atoms with Crippen molar-refractivity contribution in [2.45, 2.75) is 26.3 Å². The number of anilines is 1. The summed E-state index contributed by atoms with van der Waals surface area (Å²) in [5.41, 5.74) is 0.380. The Morgan fingerprint density at radius 3 is 2.56 bits per heavy atom. The maximum atomic E-state index is 11.6. The van der Waals surface area contributed by atoms with E-state index in [0.29, 0.717) is 11.3 Å². The van der Waals surface area contributed by atoms with E-state index in [1.807, 2.05) is 0 Å². The summed E-state index contributed by atoms with van der Waals surface area (Å²) in [7, 11) is 0. The zero-order valence-electron chi connectivity index (χ0n) is 10.8. The van der Waals surface area contributed by atoms with Crippen LogP contribution in [0.3, 0.4) is 0 Å². The molecule has 0 atom stereocenters. The van der Waals surface area contributed by atoms with Crippen molar-refractivity contribution < 1.29 is 14.7 Å². The second-order valence-corrected chi connectivity index (χ2v) is 4.76. The van der Waals surface area contributed by atoms with Crippen LogP contribution in [0.2, 0.25) is 0 Å². The molecule has 3 N–H and O–H groups in total. The second-order valence-electron chi connectivity index (χ2n) is 4.76. The molecule has 0 spiro atoms. The summed E-state index contributed by atoms with van der Waals surface area (Å²) in [4.78, 5) is 22.8. The Kier molecular flexibility index (Phi) is 4.44. The average Bonchev–Trinajstić information content (AvgIpc) is 2.28. The maximum Gasteiger partial charge on any atom is 0.319 e. The van der Waals surface area contributed by atoms with Crippen LogP contribution in [0, 0.1) is 0 Å². The third-order valence-corrected chi connectivity index (χ3v) is 2.37. The van der Waals surface area contributed by atoms with Gasteiger partial charge in [-0.1, -0.05) is 12.1 Å². The number of rotatable bonds is 4. The topological polar surface area (TPSA) is 78.4 Å². The first-order chi connectivity index (χ1) is 8.34. The predicted octanol–water partition coefficient (Wildman–Crippen LogP) is 1.78. The number of hydrogen-bond acceptors (Lipinski definition) is 3. The van der Waals surface area contributed by atoms with Gasteiger partial charge in [-0.15, -0.1) is 0 Å². The molecule has 0 saturated heterocycles. The van der Waals surface area contributed by atoms with Crippen molar-refractivity contribution in [1.82, 2.24) is 5.32 Å². The highest BCUT2D eigenvalue weighted by Gasteiger charge is 2.18.